The van der Waals surface area contributed by atoms with Gasteiger partial charge in [0.15, 0.2) is 0 Å². The van der Waals surface area contributed by atoms with Gasteiger partial charge in [-0.05, 0) is 46.0 Å². The van der Waals surface area contributed by atoms with E-state index in [0.717, 1.165) is 37.0 Å². The van der Waals surface area contributed by atoms with Crippen molar-refractivity contribution < 1.29 is 8.78 Å². The third kappa shape index (κ3) is 4.96. The standard InChI is InChI=1S/C31H33F2NSSi/c1-20(2)27-18-23(17-21-9-6-7-11-24(21)27)28-30-26(13-15-34-28)25-12-8-10-22(29(25)35-30)19-31(32,33)14-16-36(3,4)5/h6-13,15,17-18,20H,14,16,19H2,1-5H3. The maximum atomic E-state index is 15.1. The zero-order valence-corrected chi connectivity index (χ0v) is 23.5. The largest absolute Gasteiger partial charge is 0.255 e. The van der Waals surface area contributed by atoms with Crippen LogP contribution in [0.1, 0.15) is 37.3 Å². The molecule has 3 aromatic carbocycles. The van der Waals surface area contributed by atoms with Crippen LogP contribution >= 0.6 is 11.3 Å². The van der Waals surface area contributed by atoms with Crippen molar-refractivity contribution in [2.45, 2.75) is 64.2 Å². The molecule has 5 rings (SSSR count). The number of benzene rings is 3. The Morgan fingerprint density at radius 2 is 1.61 bits per heavy atom. The summed E-state index contributed by atoms with van der Waals surface area (Å²) in [4.78, 5) is 4.81. The molecule has 5 aromatic rings. The maximum absolute atomic E-state index is 15.1. The first-order chi connectivity index (χ1) is 17.0. The fourth-order valence-corrected chi connectivity index (χ4v) is 7.44. The minimum atomic E-state index is -2.70. The van der Waals surface area contributed by atoms with E-state index in [1.165, 1.54) is 16.3 Å². The predicted molar refractivity (Wildman–Crippen MR) is 156 cm³/mol. The summed E-state index contributed by atoms with van der Waals surface area (Å²) in [5.74, 6) is -2.32. The number of rotatable bonds is 7. The summed E-state index contributed by atoms with van der Waals surface area (Å²) in [5, 5.41) is 4.59. The van der Waals surface area contributed by atoms with E-state index in [0.29, 0.717) is 12.0 Å². The first kappa shape index (κ1) is 25.0. The van der Waals surface area contributed by atoms with Crippen LogP contribution in [0.5, 0.6) is 0 Å². The number of hydrogen-bond acceptors (Lipinski definition) is 2. The summed E-state index contributed by atoms with van der Waals surface area (Å²) in [6.07, 6.45) is 1.60. The predicted octanol–water partition coefficient (Wildman–Crippen LogP) is 10.3. The molecular weight excluding hydrogens is 484 g/mol. The van der Waals surface area contributed by atoms with E-state index in [4.69, 9.17) is 4.98 Å². The Hall–Kier alpha value is -2.63. The van der Waals surface area contributed by atoms with E-state index in [1.54, 1.807) is 11.3 Å². The molecule has 0 aliphatic carbocycles. The van der Waals surface area contributed by atoms with Crippen molar-refractivity contribution in [3.8, 4) is 11.3 Å². The number of halogens is 2. The lowest BCUT2D eigenvalue weighted by Crippen LogP contribution is -2.27. The summed E-state index contributed by atoms with van der Waals surface area (Å²) in [5.41, 5.74) is 4.04. The van der Waals surface area contributed by atoms with E-state index in [9.17, 15) is 0 Å². The van der Waals surface area contributed by atoms with E-state index < -0.39 is 14.0 Å². The Kier molecular flexibility index (Phi) is 6.50. The second-order valence-electron chi connectivity index (χ2n) is 11.5. The normalized spacial score (nSPS) is 12.9. The lowest BCUT2D eigenvalue weighted by Gasteiger charge is -2.22. The van der Waals surface area contributed by atoms with Crippen molar-refractivity contribution in [1.29, 1.82) is 0 Å². The molecule has 0 aliphatic heterocycles. The van der Waals surface area contributed by atoms with Crippen LogP contribution in [0.2, 0.25) is 25.7 Å². The van der Waals surface area contributed by atoms with Crippen molar-refractivity contribution >= 4 is 50.4 Å². The highest BCUT2D eigenvalue weighted by Gasteiger charge is 2.32. The summed E-state index contributed by atoms with van der Waals surface area (Å²) >= 11 is 1.61. The second-order valence-corrected chi connectivity index (χ2v) is 18.1. The van der Waals surface area contributed by atoms with Crippen molar-refractivity contribution in [3.05, 3.63) is 78.0 Å². The Morgan fingerprint density at radius 1 is 0.889 bits per heavy atom. The van der Waals surface area contributed by atoms with E-state index in [-0.39, 0.29) is 12.8 Å². The van der Waals surface area contributed by atoms with Crippen molar-refractivity contribution in [3.63, 3.8) is 0 Å². The highest BCUT2D eigenvalue weighted by atomic mass is 32.1. The number of nitrogens with zero attached hydrogens (tertiary/aromatic N) is 1. The average Bonchev–Trinajstić information content (AvgIpc) is 3.21. The molecule has 0 unspecified atom stereocenters. The average molecular weight is 518 g/mol. The number of aromatic nitrogens is 1. The number of alkyl halides is 2. The minimum Gasteiger partial charge on any atom is -0.255 e. The molecule has 5 heteroatoms. The van der Waals surface area contributed by atoms with E-state index >= 15 is 8.78 Å². The van der Waals surface area contributed by atoms with Crippen LogP contribution in [-0.2, 0) is 6.42 Å². The van der Waals surface area contributed by atoms with Crippen LogP contribution in [0.3, 0.4) is 0 Å². The van der Waals surface area contributed by atoms with Gasteiger partial charge in [-0.25, -0.2) is 8.78 Å². The molecule has 36 heavy (non-hydrogen) atoms. The zero-order valence-electron chi connectivity index (χ0n) is 21.7. The molecule has 0 N–H and O–H groups in total. The lowest BCUT2D eigenvalue weighted by molar-refractivity contribution is -0.00214. The molecule has 0 atom stereocenters. The molecular formula is C31H33F2NSSi. The van der Waals surface area contributed by atoms with Crippen LogP contribution in [0.15, 0.2) is 66.9 Å². The molecule has 2 heterocycles. The van der Waals surface area contributed by atoms with Gasteiger partial charge < -0.3 is 0 Å². The van der Waals surface area contributed by atoms with Gasteiger partial charge >= 0.3 is 0 Å². The highest BCUT2D eigenvalue weighted by molar-refractivity contribution is 7.26. The van der Waals surface area contributed by atoms with Crippen LogP contribution < -0.4 is 0 Å². The number of hydrogen-bond donors (Lipinski definition) is 0. The van der Waals surface area contributed by atoms with Crippen LogP contribution in [0, 0.1) is 0 Å². The van der Waals surface area contributed by atoms with Crippen molar-refractivity contribution in [2.75, 3.05) is 0 Å². The molecule has 2 aromatic heterocycles. The number of fused-ring (bicyclic) bond motifs is 4. The van der Waals surface area contributed by atoms with Gasteiger partial charge in [0.25, 0.3) is 5.92 Å². The van der Waals surface area contributed by atoms with Gasteiger partial charge in [0, 0.05) is 48.1 Å². The summed E-state index contributed by atoms with van der Waals surface area (Å²) < 4.78 is 32.1. The molecule has 0 radical (unpaired) electrons. The Labute approximate surface area is 217 Å². The quantitative estimate of drug-likeness (QED) is 0.196. The number of pyridine rings is 1. The zero-order chi connectivity index (χ0) is 25.7. The van der Waals surface area contributed by atoms with Crippen molar-refractivity contribution in [1.82, 2.24) is 4.98 Å². The SMILES string of the molecule is CC(C)c1cc(-c2nccc3c2sc2c(CC(F)(F)CC[Si](C)(C)C)cccc23)cc2ccccc12. The van der Waals surface area contributed by atoms with Gasteiger partial charge in [-0.2, -0.15) is 0 Å². The molecule has 186 valence electrons. The van der Waals surface area contributed by atoms with Crippen LogP contribution in [-0.4, -0.2) is 19.0 Å². The molecule has 0 saturated carbocycles. The maximum Gasteiger partial charge on any atom is 0.251 e. The van der Waals surface area contributed by atoms with Crippen LogP contribution in [0.4, 0.5) is 8.78 Å². The Balaban J connectivity index is 1.63. The van der Waals surface area contributed by atoms with Gasteiger partial charge in [0.2, 0.25) is 0 Å². The molecule has 0 bridgehead atoms. The first-order valence-electron chi connectivity index (χ1n) is 12.7. The third-order valence-corrected chi connectivity index (χ3v) is 10.0. The smallest absolute Gasteiger partial charge is 0.251 e. The minimum absolute atomic E-state index is 0.0358. The summed E-state index contributed by atoms with van der Waals surface area (Å²) in [7, 11) is -1.53. The van der Waals surface area contributed by atoms with E-state index in [1.807, 2.05) is 24.4 Å². The fraction of sp³-hybridized carbons (Fsp3) is 0.323. The van der Waals surface area contributed by atoms with Crippen molar-refractivity contribution in [2.24, 2.45) is 0 Å². The van der Waals surface area contributed by atoms with Gasteiger partial charge in [-0.3, -0.25) is 4.98 Å². The molecule has 0 saturated heterocycles. The number of thiophene rings is 1. The Morgan fingerprint density at radius 3 is 2.36 bits per heavy atom. The Bertz CT molecular complexity index is 1560. The molecule has 0 fully saturated rings. The monoisotopic (exact) mass is 517 g/mol. The van der Waals surface area contributed by atoms with Gasteiger partial charge in [0.1, 0.15) is 0 Å². The second kappa shape index (κ2) is 9.35. The third-order valence-electron chi connectivity index (χ3n) is 6.97. The molecule has 0 amide bonds. The summed E-state index contributed by atoms with van der Waals surface area (Å²) in [6, 6.07) is 21.5. The van der Waals surface area contributed by atoms with Gasteiger partial charge in [0.05, 0.1) is 10.4 Å². The lowest BCUT2D eigenvalue weighted by atomic mass is 9.92. The fourth-order valence-electron chi connectivity index (χ4n) is 5.01. The molecule has 0 aliphatic rings. The van der Waals surface area contributed by atoms with Gasteiger partial charge in [-0.1, -0.05) is 82.0 Å². The van der Waals surface area contributed by atoms with Crippen LogP contribution in [0.25, 0.3) is 42.2 Å². The van der Waals surface area contributed by atoms with Gasteiger partial charge in [-0.15, -0.1) is 11.3 Å². The van der Waals surface area contributed by atoms with E-state index in [2.05, 4.69) is 76.0 Å². The first-order valence-corrected chi connectivity index (χ1v) is 17.2. The molecule has 0 spiro atoms. The highest BCUT2D eigenvalue weighted by Crippen LogP contribution is 2.43. The molecule has 1 nitrogen and oxygen atoms in total. The summed E-state index contributed by atoms with van der Waals surface area (Å²) in [6.45, 7) is 10.9. The topological polar surface area (TPSA) is 12.9 Å².